The largest absolute Gasteiger partial charge is 0.399 e. The summed E-state index contributed by atoms with van der Waals surface area (Å²) in [6, 6.07) is 8.51. The minimum absolute atomic E-state index is 0.786. The number of rotatable bonds is 4. The second kappa shape index (κ2) is 6.09. The summed E-state index contributed by atoms with van der Waals surface area (Å²) in [5.74, 6) is 1.79. The van der Waals surface area contributed by atoms with Gasteiger partial charge in [-0.2, -0.15) is 0 Å². The molecule has 2 N–H and O–H groups in total. The van der Waals surface area contributed by atoms with E-state index in [1.165, 1.54) is 50.5 Å². The normalized spacial score (nSPS) is 24.8. The van der Waals surface area contributed by atoms with Crippen LogP contribution in [0.4, 0.5) is 5.69 Å². The third-order valence-corrected chi connectivity index (χ3v) is 4.22. The van der Waals surface area contributed by atoms with Crippen molar-refractivity contribution in [2.75, 3.05) is 5.73 Å². The number of unbranched alkanes of at least 4 members (excludes halogenated alkanes) is 1. The Labute approximate surface area is 105 Å². The lowest BCUT2D eigenvalue weighted by molar-refractivity contribution is 0.304. The van der Waals surface area contributed by atoms with Gasteiger partial charge in [-0.25, -0.2) is 0 Å². The highest BCUT2D eigenvalue weighted by Gasteiger charge is 2.21. The SMILES string of the molecule is CCCCC1CCC(c2ccc(N)cc2)CC1. The molecule has 17 heavy (non-hydrogen) atoms. The zero-order chi connectivity index (χ0) is 12.1. The number of benzene rings is 1. The number of hydrogen-bond donors (Lipinski definition) is 1. The quantitative estimate of drug-likeness (QED) is 0.745. The molecule has 1 aliphatic carbocycles. The van der Waals surface area contributed by atoms with Crippen LogP contribution in [0.1, 0.15) is 63.4 Å². The van der Waals surface area contributed by atoms with Crippen LogP contribution < -0.4 is 5.73 Å². The molecule has 2 rings (SSSR count). The van der Waals surface area contributed by atoms with Crippen molar-refractivity contribution in [2.24, 2.45) is 5.92 Å². The van der Waals surface area contributed by atoms with E-state index in [9.17, 15) is 0 Å². The van der Waals surface area contributed by atoms with Crippen LogP contribution in [0.2, 0.25) is 0 Å². The standard InChI is InChI=1S/C16H25N/c1-2-3-4-13-5-7-14(8-6-13)15-9-11-16(17)12-10-15/h9-14H,2-8,17H2,1H3. The van der Waals surface area contributed by atoms with Gasteiger partial charge in [-0.1, -0.05) is 38.3 Å². The van der Waals surface area contributed by atoms with Gasteiger partial charge in [0.25, 0.3) is 0 Å². The lowest BCUT2D eigenvalue weighted by atomic mass is 9.77. The van der Waals surface area contributed by atoms with Crippen LogP contribution in [0.5, 0.6) is 0 Å². The van der Waals surface area contributed by atoms with Gasteiger partial charge >= 0.3 is 0 Å². The van der Waals surface area contributed by atoms with Gasteiger partial charge in [0.2, 0.25) is 0 Å². The summed E-state index contributed by atoms with van der Waals surface area (Å²) in [6.45, 7) is 2.29. The summed E-state index contributed by atoms with van der Waals surface area (Å²) in [7, 11) is 0. The van der Waals surface area contributed by atoms with Crippen molar-refractivity contribution < 1.29 is 0 Å². The molecule has 0 radical (unpaired) electrons. The van der Waals surface area contributed by atoms with Crippen LogP contribution in [0.15, 0.2) is 24.3 Å². The van der Waals surface area contributed by atoms with Crippen molar-refractivity contribution in [3.8, 4) is 0 Å². The predicted molar refractivity (Wildman–Crippen MR) is 75.1 cm³/mol. The number of hydrogen-bond acceptors (Lipinski definition) is 1. The maximum Gasteiger partial charge on any atom is 0.0314 e. The molecule has 94 valence electrons. The molecule has 1 heteroatoms. The topological polar surface area (TPSA) is 26.0 Å². The van der Waals surface area contributed by atoms with Crippen LogP contribution in [-0.2, 0) is 0 Å². The zero-order valence-corrected chi connectivity index (χ0v) is 11.0. The van der Waals surface area contributed by atoms with Gasteiger partial charge in [0.1, 0.15) is 0 Å². The molecule has 1 aromatic rings. The average molecular weight is 231 g/mol. The average Bonchev–Trinajstić information content (AvgIpc) is 2.38. The van der Waals surface area contributed by atoms with Crippen molar-refractivity contribution in [3.05, 3.63) is 29.8 Å². The van der Waals surface area contributed by atoms with Crippen molar-refractivity contribution >= 4 is 5.69 Å². The summed E-state index contributed by atoms with van der Waals surface area (Å²) in [4.78, 5) is 0. The van der Waals surface area contributed by atoms with Gasteiger partial charge < -0.3 is 5.73 Å². The Bertz CT molecular complexity index is 320. The van der Waals surface area contributed by atoms with E-state index >= 15 is 0 Å². The first-order valence-electron chi connectivity index (χ1n) is 7.15. The Morgan fingerprint density at radius 3 is 2.29 bits per heavy atom. The van der Waals surface area contributed by atoms with Crippen LogP contribution >= 0.6 is 0 Å². The molecule has 0 amide bonds. The monoisotopic (exact) mass is 231 g/mol. The Hall–Kier alpha value is -0.980. The van der Waals surface area contributed by atoms with E-state index in [1.807, 2.05) is 12.1 Å². The summed E-state index contributed by atoms with van der Waals surface area (Å²) in [5.41, 5.74) is 8.11. The van der Waals surface area contributed by atoms with Gasteiger partial charge in [0, 0.05) is 5.69 Å². The fourth-order valence-electron chi connectivity index (χ4n) is 3.05. The summed E-state index contributed by atoms with van der Waals surface area (Å²) >= 11 is 0. The maximum absolute atomic E-state index is 5.73. The molecule has 0 spiro atoms. The lowest BCUT2D eigenvalue weighted by Crippen LogP contribution is -2.13. The Balaban J connectivity index is 1.84. The number of nitrogen functional groups attached to an aromatic ring is 1. The van der Waals surface area contributed by atoms with Crippen LogP contribution in [-0.4, -0.2) is 0 Å². The van der Waals surface area contributed by atoms with E-state index in [4.69, 9.17) is 5.73 Å². The van der Waals surface area contributed by atoms with Crippen LogP contribution in [0.25, 0.3) is 0 Å². The van der Waals surface area contributed by atoms with E-state index in [1.54, 1.807) is 0 Å². The summed E-state index contributed by atoms with van der Waals surface area (Å²) < 4.78 is 0. The molecule has 0 aliphatic heterocycles. The Morgan fingerprint density at radius 1 is 1.06 bits per heavy atom. The van der Waals surface area contributed by atoms with Gasteiger partial charge in [0.15, 0.2) is 0 Å². The second-order valence-electron chi connectivity index (χ2n) is 5.53. The number of anilines is 1. The highest BCUT2D eigenvalue weighted by molar-refractivity contribution is 5.40. The Kier molecular flexibility index (Phi) is 4.47. The Morgan fingerprint density at radius 2 is 1.71 bits per heavy atom. The first-order valence-corrected chi connectivity index (χ1v) is 7.15. The van der Waals surface area contributed by atoms with Crippen molar-refractivity contribution in [1.29, 1.82) is 0 Å². The molecule has 0 bridgehead atoms. The van der Waals surface area contributed by atoms with Gasteiger partial charge in [-0.15, -0.1) is 0 Å². The first kappa shape index (κ1) is 12.5. The minimum atomic E-state index is 0.786. The fourth-order valence-corrected chi connectivity index (χ4v) is 3.05. The predicted octanol–water partition coefficient (Wildman–Crippen LogP) is 4.73. The van der Waals surface area contributed by atoms with Gasteiger partial charge in [-0.05, 0) is 55.2 Å². The number of nitrogens with two attached hydrogens (primary N) is 1. The van der Waals surface area contributed by atoms with Crippen LogP contribution in [0.3, 0.4) is 0 Å². The van der Waals surface area contributed by atoms with Crippen molar-refractivity contribution in [1.82, 2.24) is 0 Å². The molecular weight excluding hydrogens is 206 g/mol. The molecule has 1 aliphatic rings. The van der Waals surface area contributed by atoms with Gasteiger partial charge in [0.05, 0.1) is 0 Å². The third kappa shape index (κ3) is 3.49. The van der Waals surface area contributed by atoms with Crippen molar-refractivity contribution in [2.45, 2.75) is 57.8 Å². The van der Waals surface area contributed by atoms with Crippen LogP contribution in [0, 0.1) is 5.92 Å². The van der Waals surface area contributed by atoms with Gasteiger partial charge in [-0.3, -0.25) is 0 Å². The van der Waals surface area contributed by atoms with E-state index in [-0.39, 0.29) is 0 Å². The molecule has 0 heterocycles. The molecular formula is C16H25N. The molecule has 1 aromatic carbocycles. The summed E-state index contributed by atoms with van der Waals surface area (Å²) in [5, 5.41) is 0. The molecule has 1 fully saturated rings. The third-order valence-electron chi connectivity index (χ3n) is 4.22. The first-order chi connectivity index (χ1) is 8.29. The smallest absolute Gasteiger partial charge is 0.0314 e. The second-order valence-corrected chi connectivity index (χ2v) is 5.53. The molecule has 0 saturated heterocycles. The highest BCUT2D eigenvalue weighted by atomic mass is 14.5. The van der Waals surface area contributed by atoms with E-state index < -0.39 is 0 Å². The molecule has 0 atom stereocenters. The molecule has 0 unspecified atom stereocenters. The zero-order valence-electron chi connectivity index (χ0n) is 11.0. The molecule has 1 saturated carbocycles. The van der Waals surface area contributed by atoms with E-state index in [0.29, 0.717) is 0 Å². The fraction of sp³-hybridized carbons (Fsp3) is 0.625. The summed E-state index contributed by atoms with van der Waals surface area (Å²) in [6.07, 6.45) is 9.81. The van der Waals surface area contributed by atoms with Crippen molar-refractivity contribution in [3.63, 3.8) is 0 Å². The molecule has 0 aromatic heterocycles. The maximum atomic E-state index is 5.73. The highest BCUT2D eigenvalue weighted by Crippen LogP contribution is 2.37. The molecule has 1 nitrogen and oxygen atoms in total. The lowest BCUT2D eigenvalue weighted by Gasteiger charge is -2.28. The van der Waals surface area contributed by atoms with E-state index in [0.717, 1.165) is 17.5 Å². The minimum Gasteiger partial charge on any atom is -0.399 e. The van der Waals surface area contributed by atoms with E-state index in [2.05, 4.69) is 19.1 Å².